The Morgan fingerprint density at radius 1 is 1.25 bits per heavy atom. The summed E-state index contributed by atoms with van der Waals surface area (Å²) in [7, 11) is 1.96. The van der Waals surface area contributed by atoms with Gasteiger partial charge in [-0.05, 0) is 51.3 Å². The fourth-order valence-corrected chi connectivity index (χ4v) is 2.89. The monoisotopic (exact) mass is 274 g/mol. The summed E-state index contributed by atoms with van der Waals surface area (Å²) in [6.07, 6.45) is 4.46. The van der Waals surface area contributed by atoms with Gasteiger partial charge in [0.25, 0.3) is 5.91 Å². The highest BCUT2D eigenvalue weighted by Crippen LogP contribution is 2.24. The minimum absolute atomic E-state index is 0.0317. The molecule has 4 nitrogen and oxygen atoms in total. The molecule has 0 atom stereocenters. The first-order valence-electron chi connectivity index (χ1n) is 7.18. The molecule has 0 radical (unpaired) electrons. The van der Waals surface area contributed by atoms with Crippen LogP contribution >= 0.6 is 0 Å². The van der Waals surface area contributed by atoms with Gasteiger partial charge in [-0.25, -0.2) is 0 Å². The summed E-state index contributed by atoms with van der Waals surface area (Å²) in [4.78, 5) is 25.3. The quantitative estimate of drug-likeness (QED) is 0.856. The third-order valence-electron chi connectivity index (χ3n) is 4.22. The van der Waals surface area contributed by atoms with Crippen LogP contribution in [0, 0.1) is 6.92 Å². The van der Waals surface area contributed by atoms with Crippen molar-refractivity contribution in [2.75, 3.05) is 7.05 Å². The lowest BCUT2D eigenvalue weighted by Crippen LogP contribution is -2.44. The maximum absolute atomic E-state index is 12.5. The molecule has 0 saturated heterocycles. The Hall–Kier alpha value is -1.68. The van der Waals surface area contributed by atoms with Crippen molar-refractivity contribution in [3.05, 3.63) is 35.4 Å². The van der Waals surface area contributed by atoms with Crippen LogP contribution in [-0.4, -0.2) is 36.3 Å². The largest absolute Gasteiger partial charge is 0.317 e. The molecule has 2 rings (SSSR count). The number of rotatable bonds is 4. The Balaban J connectivity index is 2.11. The Bertz CT molecular complexity index is 479. The first kappa shape index (κ1) is 14.7. The van der Waals surface area contributed by atoms with Gasteiger partial charge in [0.15, 0.2) is 0 Å². The highest BCUT2D eigenvalue weighted by atomic mass is 16.2. The van der Waals surface area contributed by atoms with Crippen LogP contribution in [0.2, 0.25) is 0 Å². The minimum Gasteiger partial charge on any atom is -0.317 e. The number of benzene rings is 1. The molecule has 0 unspecified atom stereocenters. The van der Waals surface area contributed by atoms with Crippen molar-refractivity contribution in [3.63, 3.8) is 0 Å². The van der Waals surface area contributed by atoms with Crippen molar-refractivity contribution in [2.45, 2.75) is 44.7 Å². The number of carbonyl (C=O) groups excluding carboxylic acids is 2. The van der Waals surface area contributed by atoms with Gasteiger partial charge in [0.2, 0.25) is 6.41 Å². The zero-order valence-electron chi connectivity index (χ0n) is 12.1. The second-order valence-corrected chi connectivity index (χ2v) is 5.43. The fraction of sp³-hybridized carbons (Fsp3) is 0.500. The predicted molar refractivity (Wildman–Crippen MR) is 78.5 cm³/mol. The minimum atomic E-state index is -0.175. The van der Waals surface area contributed by atoms with E-state index in [0.29, 0.717) is 18.0 Å². The van der Waals surface area contributed by atoms with E-state index in [2.05, 4.69) is 5.32 Å². The van der Waals surface area contributed by atoms with Gasteiger partial charge in [-0.2, -0.15) is 0 Å². The fourth-order valence-electron chi connectivity index (χ4n) is 2.89. The van der Waals surface area contributed by atoms with Gasteiger partial charge in [0.05, 0.1) is 0 Å². The molecule has 0 aliphatic heterocycles. The van der Waals surface area contributed by atoms with Crippen molar-refractivity contribution >= 4 is 12.3 Å². The van der Waals surface area contributed by atoms with E-state index >= 15 is 0 Å². The first-order chi connectivity index (χ1) is 9.67. The average molecular weight is 274 g/mol. The van der Waals surface area contributed by atoms with Crippen molar-refractivity contribution in [2.24, 2.45) is 0 Å². The number of nitrogens with one attached hydrogen (secondary N) is 1. The highest BCUT2D eigenvalue weighted by molar-refractivity contribution is 6.01. The standard InChI is InChI=1S/C16H22N2O2/c1-12-5-3-4-6-15(12)16(20)18(11-19)14-9-7-13(17-2)8-10-14/h3-6,11,13-14,17H,7-10H2,1-2H3. The summed E-state index contributed by atoms with van der Waals surface area (Å²) in [5.74, 6) is -0.175. The lowest BCUT2D eigenvalue weighted by Gasteiger charge is -2.33. The Morgan fingerprint density at radius 3 is 2.45 bits per heavy atom. The summed E-state index contributed by atoms with van der Waals surface area (Å²) < 4.78 is 0. The normalized spacial score (nSPS) is 22.3. The molecule has 1 aromatic carbocycles. The second kappa shape index (κ2) is 6.66. The zero-order valence-corrected chi connectivity index (χ0v) is 12.1. The molecule has 1 aliphatic carbocycles. The van der Waals surface area contributed by atoms with E-state index in [1.165, 1.54) is 4.90 Å². The zero-order chi connectivity index (χ0) is 14.5. The maximum atomic E-state index is 12.5. The Labute approximate surface area is 120 Å². The molecule has 4 heteroatoms. The smallest absolute Gasteiger partial charge is 0.260 e. The van der Waals surface area contributed by atoms with E-state index in [4.69, 9.17) is 0 Å². The van der Waals surface area contributed by atoms with E-state index in [1.54, 1.807) is 6.07 Å². The Morgan fingerprint density at radius 2 is 1.90 bits per heavy atom. The summed E-state index contributed by atoms with van der Waals surface area (Å²) >= 11 is 0. The van der Waals surface area contributed by atoms with Crippen LogP contribution in [0.5, 0.6) is 0 Å². The number of hydrogen-bond donors (Lipinski definition) is 1. The number of nitrogens with zero attached hydrogens (tertiary/aromatic N) is 1. The van der Waals surface area contributed by atoms with Crippen LogP contribution in [0.15, 0.2) is 24.3 Å². The van der Waals surface area contributed by atoms with Gasteiger partial charge >= 0.3 is 0 Å². The van der Waals surface area contributed by atoms with Crippen molar-refractivity contribution in [1.29, 1.82) is 0 Å². The van der Waals surface area contributed by atoms with Crippen LogP contribution in [0.25, 0.3) is 0 Å². The summed E-state index contributed by atoms with van der Waals surface area (Å²) in [5.41, 5.74) is 1.53. The van der Waals surface area contributed by atoms with E-state index in [1.807, 2.05) is 32.2 Å². The molecule has 2 amide bonds. The Kier molecular flexibility index (Phi) is 4.90. The molecule has 1 saturated carbocycles. The van der Waals surface area contributed by atoms with E-state index in [0.717, 1.165) is 31.2 Å². The third-order valence-corrected chi connectivity index (χ3v) is 4.22. The van der Waals surface area contributed by atoms with Gasteiger partial charge in [0.1, 0.15) is 0 Å². The molecule has 1 aromatic rings. The molecule has 1 N–H and O–H groups in total. The van der Waals surface area contributed by atoms with E-state index in [9.17, 15) is 9.59 Å². The third kappa shape index (κ3) is 3.07. The summed E-state index contributed by atoms with van der Waals surface area (Å²) in [6.45, 7) is 1.90. The highest BCUT2D eigenvalue weighted by Gasteiger charge is 2.29. The second-order valence-electron chi connectivity index (χ2n) is 5.43. The van der Waals surface area contributed by atoms with Gasteiger partial charge < -0.3 is 5.32 Å². The number of imide groups is 1. The first-order valence-corrected chi connectivity index (χ1v) is 7.18. The molecule has 1 aliphatic rings. The lowest BCUT2D eigenvalue weighted by molar-refractivity contribution is -0.118. The van der Waals surface area contributed by atoms with Gasteiger partial charge in [-0.1, -0.05) is 18.2 Å². The molecule has 0 heterocycles. The molecular weight excluding hydrogens is 252 g/mol. The number of hydrogen-bond acceptors (Lipinski definition) is 3. The molecule has 108 valence electrons. The summed E-state index contributed by atoms with van der Waals surface area (Å²) in [5, 5.41) is 3.26. The van der Waals surface area contributed by atoms with Crippen molar-refractivity contribution in [3.8, 4) is 0 Å². The van der Waals surface area contributed by atoms with Gasteiger partial charge in [0, 0.05) is 17.6 Å². The van der Waals surface area contributed by atoms with Crippen molar-refractivity contribution < 1.29 is 9.59 Å². The summed E-state index contributed by atoms with van der Waals surface area (Å²) in [6, 6.07) is 7.95. The lowest BCUT2D eigenvalue weighted by atomic mass is 9.90. The van der Waals surface area contributed by atoms with Crippen LogP contribution in [-0.2, 0) is 4.79 Å². The van der Waals surface area contributed by atoms with E-state index < -0.39 is 0 Å². The molecular formula is C16H22N2O2. The van der Waals surface area contributed by atoms with Gasteiger partial charge in [-0.3, -0.25) is 14.5 Å². The predicted octanol–water partition coefficient (Wildman–Crippen LogP) is 2.12. The molecule has 20 heavy (non-hydrogen) atoms. The average Bonchev–Trinajstić information content (AvgIpc) is 2.49. The van der Waals surface area contributed by atoms with E-state index in [-0.39, 0.29) is 11.9 Å². The number of amides is 2. The number of carbonyl (C=O) groups is 2. The van der Waals surface area contributed by atoms with Crippen LogP contribution in [0.4, 0.5) is 0 Å². The SMILES string of the molecule is CNC1CCC(N(C=O)C(=O)c2ccccc2C)CC1. The molecule has 0 bridgehead atoms. The topological polar surface area (TPSA) is 49.4 Å². The van der Waals surface area contributed by atoms with Crippen molar-refractivity contribution in [1.82, 2.24) is 10.2 Å². The molecule has 0 aromatic heterocycles. The van der Waals surface area contributed by atoms with Gasteiger partial charge in [-0.15, -0.1) is 0 Å². The van der Waals surface area contributed by atoms with Crippen LogP contribution < -0.4 is 5.32 Å². The number of aryl methyl sites for hydroxylation is 1. The van der Waals surface area contributed by atoms with Crippen LogP contribution in [0.1, 0.15) is 41.6 Å². The molecule has 1 fully saturated rings. The molecule has 0 spiro atoms. The van der Waals surface area contributed by atoms with Crippen LogP contribution in [0.3, 0.4) is 0 Å². The maximum Gasteiger partial charge on any atom is 0.260 e.